The molecule has 2 nitrogen and oxygen atoms in total. The first-order valence-corrected chi connectivity index (χ1v) is 5.24. The van der Waals surface area contributed by atoms with E-state index in [1.807, 2.05) is 12.1 Å². The fraction of sp³-hybridized carbons (Fsp3) is 0. The lowest BCUT2D eigenvalue weighted by Crippen LogP contribution is -1.85. The molecule has 0 saturated heterocycles. The van der Waals surface area contributed by atoms with E-state index in [9.17, 15) is 0 Å². The molecule has 0 aliphatic rings. The van der Waals surface area contributed by atoms with E-state index in [2.05, 4.69) is 9.97 Å². The molecule has 0 spiro atoms. The Morgan fingerprint density at radius 1 is 0.933 bits per heavy atom. The van der Waals surface area contributed by atoms with Crippen LogP contribution in [0.25, 0.3) is 11.1 Å². The Bertz CT molecular complexity index is 483. The topological polar surface area (TPSA) is 25.8 Å². The van der Waals surface area contributed by atoms with Gasteiger partial charge in [0.05, 0.1) is 10.0 Å². The van der Waals surface area contributed by atoms with Crippen LogP contribution >= 0.6 is 34.8 Å². The van der Waals surface area contributed by atoms with E-state index in [1.165, 1.54) is 0 Å². The number of rotatable bonds is 1. The van der Waals surface area contributed by atoms with Crippen LogP contribution in [0.5, 0.6) is 0 Å². The van der Waals surface area contributed by atoms with Crippen LogP contribution in [-0.2, 0) is 0 Å². The molecular weight excluding hydrogens is 254 g/mol. The molecule has 0 unspecified atom stereocenters. The zero-order chi connectivity index (χ0) is 10.8. The number of nitrogens with zero attached hydrogens (tertiary/aromatic N) is 2. The summed E-state index contributed by atoms with van der Waals surface area (Å²) in [6, 6.07) is 5.39. The predicted octanol–water partition coefficient (Wildman–Crippen LogP) is 4.10. The van der Waals surface area contributed by atoms with Crippen LogP contribution in [0.1, 0.15) is 0 Å². The average molecular weight is 260 g/mol. The van der Waals surface area contributed by atoms with Crippen LogP contribution in [0.3, 0.4) is 0 Å². The molecule has 0 aliphatic heterocycles. The van der Waals surface area contributed by atoms with Gasteiger partial charge in [-0.2, -0.15) is 0 Å². The van der Waals surface area contributed by atoms with Crippen molar-refractivity contribution in [1.82, 2.24) is 9.97 Å². The van der Waals surface area contributed by atoms with Crippen LogP contribution < -0.4 is 0 Å². The molecule has 0 amide bonds. The minimum Gasteiger partial charge on any atom is -0.226 e. The van der Waals surface area contributed by atoms with Gasteiger partial charge in [0.1, 0.15) is 0 Å². The standard InChI is InChI=1S/C10H5Cl3N2/c11-8-3-1-2-7(9(8)12)6-4-14-10(13)15-5-6/h1-5H. The zero-order valence-corrected chi connectivity index (χ0v) is 9.68. The summed E-state index contributed by atoms with van der Waals surface area (Å²) < 4.78 is 0. The minimum absolute atomic E-state index is 0.205. The van der Waals surface area contributed by atoms with E-state index in [0.29, 0.717) is 10.0 Å². The van der Waals surface area contributed by atoms with Crippen molar-refractivity contribution in [3.05, 3.63) is 45.9 Å². The first-order chi connectivity index (χ1) is 7.18. The molecule has 5 heteroatoms. The summed E-state index contributed by atoms with van der Waals surface area (Å²) in [5.41, 5.74) is 1.58. The van der Waals surface area contributed by atoms with Crippen molar-refractivity contribution in [3.63, 3.8) is 0 Å². The van der Waals surface area contributed by atoms with Crippen molar-refractivity contribution in [1.29, 1.82) is 0 Å². The van der Waals surface area contributed by atoms with E-state index >= 15 is 0 Å². The Hall–Kier alpha value is -0.830. The van der Waals surface area contributed by atoms with Crippen molar-refractivity contribution in [2.75, 3.05) is 0 Å². The Morgan fingerprint density at radius 2 is 1.60 bits per heavy atom. The Kier molecular flexibility index (Phi) is 3.10. The van der Waals surface area contributed by atoms with Crippen LogP contribution in [-0.4, -0.2) is 9.97 Å². The monoisotopic (exact) mass is 258 g/mol. The third-order valence-electron chi connectivity index (χ3n) is 1.88. The number of benzene rings is 1. The van der Waals surface area contributed by atoms with Crippen LogP contribution in [0.4, 0.5) is 0 Å². The van der Waals surface area contributed by atoms with Gasteiger partial charge in [0.25, 0.3) is 0 Å². The molecule has 1 aromatic heterocycles. The normalized spacial score (nSPS) is 10.3. The number of hydrogen-bond acceptors (Lipinski definition) is 2. The van der Waals surface area contributed by atoms with E-state index in [0.717, 1.165) is 11.1 Å². The lowest BCUT2D eigenvalue weighted by molar-refractivity contribution is 1.17. The minimum atomic E-state index is 0.205. The molecule has 2 aromatic rings. The Morgan fingerprint density at radius 3 is 2.27 bits per heavy atom. The molecule has 1 aromatic carbocycles. The Balaban J connectivity index is 2.54. The van der Waals surface area contributed by atoms with Gasteiger partial charge in [-0.1, -0.05) is 35.3 Å². The Labute approximate surface area is 102 Å². The van der Waals surface area contributed by atoms with E-state index < -0.39 is 0 Å². The first kappa shape index (κ1) is 10.7. The second-order valence-electron chi connectivity index (χ2n) is 2.84. The number of halogens is 3. The van der Waals surface area contributed by atoms with Gasteiger partial charge in [-0.15, -0.1) is 0 Å². The van der Waals surface area contributed by atoms with E-state index in [4.69, 9.17) is 34.8 Å². The predicted molar refractivity (Wildman–Crippen MR) is 62.5 cm³/mol. The molecule has 15 heavy (non-hydrogen) atoms. The maximum atomic E-state index is 6.05. The SMILES string of the molecule is Clc1ncc(-c2cccc(Cl)c2Cl)cn1. The molecule has 0 fully saturated rings. The summed E-state index contributed by atoms with van der Waals surface area (Å²) in [4.78, 5) is 7.76. The van der Waals surface area contributed by atoms with Gasteiger partial charge in [0.15, 0.2) is 0 Å². The fourth-order valence-corrected chi connectivity index (χ4v) is 1.69. The van der Waals surface area contributed by atoms with Gasteiger partial charge in [0, 0.05) is 23.5 Å². The zero-order valence-electron chi connectivity index (χ0n) is 7.42. The molecular formula is C10H5Cl3N2. The van der Waals surface area contributed by atoms with Gasteiger partial charge in [-0.05, 0) is 17.7 Å². The quantitative estimate of drug-likeness (QED) is 0.721. The summed E-state index contributed by atoms with van der Waals surface area (Å²) in [6.45, 7) is 0. The van der Waals surface area contributed by atoms with Gasteiger partial charge in [-0.3, -0.25) is 0 Å². The second-order valence-corrected chi connectivity index (χ2v) is 3.97. The molecule has 0 radical (unpaired) electrons. The summed E-state index contributed by atoms with van der Waals surface area (Å²) in [6.07, 6.45) is 3.21. The summed E-state index contributed by atoms with van der Waals surface area (Å²) in [5, 5.41) is 1.20. The van der Waals surface area contributed by atoms with Crippen molar-refractivity contribution in [2.24, 2.45) is 0 Å². The lowest BCUT2D eigenvalue weighted by atomic mass is 10.1. The molecule has 2 rings (SSSR count). The highest BCUT2D eigenvalue weighted by Crippen LogP contribution is 2.32. The molecule has 0 aliphatic carbocycles. The van der Waals surface area contributed by atoms with Crippen LogP contribution in [0, 0.1) is 0 Å². The highest BCUT2D eigenvalue weighted by Gasteiger charge is 2.07. The average Bonchev–Trinajstić information content (AvgIpc) is 2.24. The molecule has 0 bridgehead atoms. The van der Waals surface area contributed by atoms with Crippen molar-refractivity contribution in [2.45, 2.75) is 0 Å². The summed E-state index contributed by atoms with van der Waals surface area (Å²) in [5.74, 6) is 0. The van der Waals surface area contributed by atoms with E-state index in [1.54, 1.807) is 18.5 Å². The fourth-order valence-electron chi connectivity index (χ4n) is 1.18. The third-order valence-corrected chi connectivity index (χ3v) is 2.90. The van der Waals surface area contributed by atoms with Crippen molar-refractivity contribution in [3.8, 4) is 11.1 Å². The van der Waals surface area contributed by atoms with Gasteiger partial charge in [-0.25, -0.2) is 9.97 Å². The number of aromatic nitrogens is 2. The molecule has 0 N–H and O–H groups in total. The number of hydrogen-bond donors (Lipinski definition) is 0. The lowest BCUT2D eigenvalue weighted by Gasteiger charge is -2.04. The first-order valence-electron chi connectivity index (χ1n) is 4.10. The molecule has 0 atom stereocenters. The van der Waals surface area contributed by atoms with Gasteiger partial charge >= 0.3 is 0 Å². The van der Waals surface area contributed by atoms with Gasteiger partial charge < -0.3 is 0 Å². The largest absolute Gasteiger partial charge is 0.226 e. The van der Waals surface area contributed by atoms with Crippen LogP contribution in [0.2, 0.25) is 15.3 Å². The molecule has 0 saturated carbocycles. The maximum Gasteiger partial charge on any atom is 0.222 e. The summed E-state index contributed by atoms with van der Waals surface area (Å²) in [7, 11) is 0. The smallest absolute Gasteiger partial charge is 0.222 e. The molecule has 76 valence electrons. The van der Waals surface area contributed by atoms with Crippen molar-refractivity contribution < 1.29 is 0 Å². The highest BCUT2D eigenvalue weighted by molar-refractivity contribution is 6.43. The third kappa shape index (κ3) is 2.23. The highest BCUT2D eigenvalue weighted by atomic mass is 35.5. The second kappa shape index (κ2) is 4.35. The van der Waals surface area contributed by atoms with E-state index in [-0.39, 0.29) is 5.28 Å². The van der Waals surface area contributed by atoms with Crippen molar-refractivity contribution >= 4 is 34.8 Å². The van der Waals surface area contributed by atoms with Gasteiger partial charge in [0.2, 0.25) is 5.28 Å². The maximum absolute atomic E-state index is 6.05. The summed E-state index contributed by atoms with van der Waals surface area (Å²) >= 11 is 17.5. The van der Waals surface area contributed by atoms with Crippen LogP contribution in [0.15, 0.2) is 30.6 Å². The molecule has 1 heterocycles.